The number of hydrogen-bond donors (Lipinski definition) is 2. The second-order valence-corrected chi connectivity index (χ2v) is 4.49. The van der Waals surface area contributed by atoms with Crippen molar-refractivity contribution in [2.45, 2.75) is 51.6 Å². The normalized spacial score (nSPS) is 14.1. The largest absolute Gasteiger partial charge is 0.481 e. The van der Waals surface area contributed by atoms with Crippen LogP contribution in [0, 0.1) is 0 Å². The average molecular weight is 278 g/mol. The van der Waals surface area contributed by atoms with Crippen molar-refractivity contribution in [3.8, 4) is 0 Å². The van der Waals surface area contributed by atoms with Gasteiger partial charge in [0.15, 0.2) is 0 Å². The van der Waals surface area contributed by atoms with E-state index in [-0.39, 0.29) is 6.42 Å². The molecule has 0 aliphatic carbocycles. The molecule has 0 amide bonds. The Labute approximate surface area is 122 Å². The van der Waals surface area contributed by atoms with E-state index in [2.05, 4.69) is 6.92 Å². The number of carbonyl (C=O) groups is 1. The predicted molar refractivity (Wildman–Crippen MR) is 83.6 cm³/mol. The van der Waals surface area contributed by atoms with Crippen LogP contribution >= 0.6 is 0 Å². The highest BCUT2D eigenvalue weighted by molar-refractivity contribution is 5.66. The van der Waals surface area contributed by atoms with Gasteiger partial charge in [0.1, 0.15) is 0 Å². The summed E-state index contributed by atoms with van der Waals surface area (Å²) >= 11 is 0. The van der Waals surface area contributed by atoms with Crippen molar-refractivity contribution < 1.29 is 15.0 Å². The molecule has 20 heavy (non-hydrogen) atoms. The van der Waals surface area contributed by atoms with E-state index in [1.54, 1.807) is 6.08 Å². The molecule has 0 saturated heterocycles. The molecule has 0 aromatic carbocycles. The number of carboxylic acids is 1. The fourth-order valence-electron chi connectivity index (χ4n) is 1.49. The van der Waals surface area contributed by atoms with Gasteiger partial charge in [0.05, 0.1) is 6.10 Å². The first-order valence-electron chi connectivity index (χ1n) is 7.20. The third-order valence-corrected chi connectivity index (χ3v) is 2.56. The van der Waals surface area contributed by atoms with Gasteiger partial charge in [-0.3, -0.25) is 4.79 Å². The van der Waals surface area contributed by atoms with Gasteiger partial charge in [-0.25, -0.2) is 0 Å². The van der Waals surface area contributed by atoms with Crippen molar-refractivity contribution in [3.05, 3.63) is 48.6 Å². The van der Waals surface area contributed by atoms with E-state index in [0.29, 0.717) is 12.8 Å². The number of rotatable bonds is 11. The topological polar surface area (TPSA) is 57.5 Å². The van der Waals surface area contributed by atoms with Crippen LogP contribution in [-0.4, -0.2) is 22.3 Å². The lowest BCUT2D eigenvalue weighted by atomic mass is 10.2. The standard InChI is InChI=1S/C17H26O3/c1-2-3-10-13-16(18)14-11-8-6-4-5-7-9-12-15-17(19)20/h3,5-8,10-11,14,16,18H,2,4,9,12-13,15H2,1H3,(H,19,20)/b7-5+,8-6+,10-3+,14-11+. The van der Waals surface area contributed by atoms with Crippen molar-refractivity contribution >= 4 is 5.97 Å². The Bertz CT molecular complexity index is 351. The lowest BCUT2D eigenvalue weighted by Crippen LogP contribution is -1.98. The maximum atomic E-state index is 10.3. The second kappa shape index (κ2) is 13.8. The summed E-state index contributed by atoms with van der Waals surface area (Å²) < 4.78 is 0. The number of hydrogen-bond acceptors (Lipinski definition) is 2. The van der Waals surface area contributed by atoms with E-state index in [9.17, 15) is 9.90 Å². The molecule has 0 saturated carbocycles. The molecule has 0 aromatic heterocycles. The maximum Gasteiger partial charge on any atom is 0.303 e. The summed E-state index contributed by atoms with van der Waals surface area (Å²) in [6, 6.07) is 0. The highest BCUT2D eigenvalue weighted by atomic mass is 16.4. The molecule has 0 aromatic rings. The Kier molecular flexibility index (Phi) is 12.7. The Balaban J connectivity index is 3.62. The highest BCUT2D eigenvalue weighted by Gasteiger charge is 1.93. The summed E-state index contributed by atoms with van der Waals surface area (Å²) in [5.74, 6) is -0.740. The van der Waals surface area contributed by atoms with Crippen LogP contribution in [0.15, 0.2) is 48.6 Å². The molecule has 0 radical (unpaired) electrons. The minimum Gasteiger partial charge on any atom is -0.481 e. The van der Waals surface area contributed by atoms with Gasteiger partial charge in [0.2, 0.25) is 0 Å². The molecule has 0 aliphatic rings. The second-order valence-electron chi connectivity index (χ2n) is 4.49. The molecule has 1 unspecified atom stereocenters. The van der Waals surface area contributed by atoms with Crippen LogP contribution in [-0.2, 0) is 4.79 Å². The van der Waals surface area contributed by atoms with Crippen LogP contribution in [0.3, 0.4) is 0 Å². The van der Waals surface area contributed by atoms with Crippen molar-refractivity contribution in [1.29, 1.82) is 0 Å². The first-order valence-corrected chi connectivity index (χ1v) is 7.20. The number of aliphatic carboxylic acids is 1. The van der Waals surface area contributed by atoms with Crippen LogP contribution in [0.4, 0.5) is 0 Å². The molecule has 0 aliphatic heterocycles. The number of aliphatic hydroxyl groups is 1. The summed E-state index contributed by atoms with van der Waals surface area (Å²) in [5, 5.41) is 18.0. The molecule has 3 heteroatoms. The zero-order valence-electron chi connectivity index (χ0n) is 12.2. The van der Waals surface area contributed by atoms with Crippen LogP contribution in [0.2, 0.25) is 0 Å². The molecular formula is C17H26O3. The third kappa shape index (κ3) is 14.5. The first-order chi connectivity index (χ1) is 9.66. The van der Waals surface area contributed by atoms with Gasteiger partial charge in [0.25, 0.3) is 0 Å². The maximum absolute atomic E-state index is 10.3. The lowest BCUT2D eigenvalue weighted by molar-refractivity contribution is -0.137. The summed E-state index contributed by atoms with van der Waals surface area (Å²) in [5.41, 5.74) is 0. The third-order valence-electron chi connectivity index (χ3n) is 2.56. The fraction of sp³-hybridized carbons (Fsp3) is 0.471. The van der Waals surface area contributed by atoms with Crippen LogP contribution < -0.4 is 0 Å². The minimum atomic E-state index is -0.740. The van der Waals surface area contributed by atoms with Crippen molar-refractivity contribution in [3.63, 3.8) is 0 Å². The van der Waals surface area contributed by atoms with Gasteiger partial charge in [-0.05, 0) is 32.1 Å². The van der Waals surface area contributed by atoms with Gasteiger partial charge in [0, 0.05) is 6.42 Å². The molecular weight excluding hydrogens is 252 g/mol. The molecule has 0 heterocycles. The fourth-order valence-corrected chi connectivity index (χ4v) is 1.49. The van der Waals surface area contributed by atoms with E-state index in [4.69, 9.17) is 5.11 Å². The molecule has 0 bridgehead atoms. The van der Waals surface area contributed by atoms with Gasteiger partial charge in [-0.2, -0.15) is 0 Å². The zero-order chi connectivity index (χ0) is 15.1. The van der Waals surface area contributed by atoms with Crippen molar-refractivity contribution in [2.24, 2.45) is 0 Å². The van der Waals surface area contributed by atoms with E-state index < -0.39 is 12.1 Å². The Morgan fingerprint density at radius 1 is 1.10 bits per heavy atom. The SMILES string of the molecule is CC/C=C/CC(O)/C=C/C=C/C/C=C/CCCC(=O)O. The van der Waals surface area contributed by atoms with E-state index in [1.807, 2.05) is 42.5 Å². The van der Waals surface area contributed by atoms with Crippen LogP contribution in [0.5, 0.6) is 0 Å². The molecule has 0 rings (SSSR count). The predicted octanol–water partition coefficient (Wildman–Crippen LogP) is 4.02. The summed E-state index contributed by atoms with van der Waals surface area (Å²) in [6.07, 6.45) is 19.4. The summed E-state index contributed by atoms with van der Waals surface area (Å²) in [6.45, 7) is 2.07. The van der Waals surface area contributed by atoms with Gasteiger partial charge < -0.3 is 10.2 Å². The number of allylic oxidation sites excluding steroid dienone is 6. The Morgan fingerprint density at radius 3 is 2.60 bits per heavy atom. The Hall–Kier alpha value is -1.61. The van der Waals surface area contributed by atoms with Crippen molar-refractivity contribution in [2.75, 3.05) is 0 Å². The number of unbranched alkanes of at least 4 members (excludes halogenated alkanes) is 1. The van der Waals surface area contributed by atoms with Crippen LogP contribution in [0.25, 0.3) is 0 Å². The van der Waals surface area contributed by atoms with Crippen LogP contribution in [0.1, 0.15) is 45.4 Å². The zero-order valence-corrected chi connectivity index (χ0v) is 12.2. The lowest BCUT2D eigenvalue weighted by Gasteiger charge is -1.98. The van der Waals surface area contributed by atoms with E-state index >= 15 is 0 Å². The number of aliphatic hydroxyl groups excluding tert-OH is 1. The molecule has 0 spiro atoms. The average Bonchev–Trinajstić information content (AvgIpc) is 2.41. The van der Waals surface area contributed by atoms with E-state index in [0.717, 1.165) is 19.3 Å². The highest BCUT2D eigenvalue weighted by Crippen LogP contribution is 1.99. The van der Waals surface area contributed by atoms with E-state index in [1.165, 1.54) is 0 Å². The number of carboxylic acid groups (broad SMARTS) is 1. The molecule has 2 N–H and O–H groups in total. The minimum absolute atomic E-state index is 0.229. The van der Waals surface area contributed by atoms with Gasteiger partial charge >= 0.3 is 5.97 Å². The summed E-state index contributed by atoms with van der Waals surface area (Å²) in [7, 11) is 0. The quantitative estimate of drug-likeness (QED) is 0.341. The van der Waals surface area contributed by atoms with Gasteiger partial charge in [-0.1, -0.05) is 55.5 Å². The van der Waals surface area contributed by atoms with Gasteiger partial charge in [-0.15, -0.1) is 0 Å². The van der Waals surface area contributed by atoms with Crippen molar-refractivity contribution in [1.82, 2.24) is 0 Å². The Morgan fingerprint density at radius 2 is 1.90 bits per heavy atom. The molecule has 1 atom stereocenters. The molecule has 3 nitrogen and oxygen atoms in total. The summed E-state index contributed by atoms with van der Waals surface area (Å²) in [4.78, 5) is 10.3. The first kappa shape index (κ1) is 18.4. The molecule has 112 valence electrons. The molecule has 0 fully saturated rings. The monoisotopic (exact) mass is 278 g/mol. The smallest absolute Gasteiger partial charge is 0.303 e.